The SMILES string of the molecule is Cc1[nH]ncc1-c1cc(Sc2ccc(F)cc2C#N)c2c(C#N)cnn2c1.c1ccc(N2CCCCC2)nc1. The number of H-pyrrole nitrogens is 1. The van der Waals surface area contributed by atoms with Crippen molar-refractivity contribution in [2.75, 3.05) is 18.0 Å². The summed E-state index contributed by atoms with van der Waals surface area (Å²) >= 11 is 1.30. The van der Waals surface area contributed by atoms with Crippen LogP contribution in [0.15, 0.2) is 77.0 Å². The Labute approximate surface area is 229 Å². The van der Waals surface area contributed by atoms with Crippen LogP contribution in [0.3, 0.4) is 0 Å². The maximum absolute atomic E-state index is 13.5. The highest BCUT2D eigenvalue weighted by Crippen LogP contribution is 2.37. The minimum absolute atomic E-state index is 0.237. The van der Waals surface area contributed by atoms with Crippen molar-refractivity contribution in [1.82, 2.24) is 24.8 Å². The van der Waals surface area contributed by atoms with Crippen molar-refractivity contribution in [1.29, 1.82) is 10.5 Å². The zero-order valence-electron chi connectivity index (χ0n) is 21.3. The minimum Gasteiger partial charge on any atom is -0.357 e. The van der Waals surface area contributed by atoms with E-state index in [1.165, 1.54) is 62.4 Å². The quantitative estimate of drug-likeness (QED) is 0.294. The first-order valence-electron chi connectivity index (χ1n) is 12.5. The van der Waals surface area contributed by atoms with E-state index >= 15 is 0 Å². The number of nitriles is 2. The lowest BCUT2D eigenvalue weighted by molar-refractivity contribution is 0.573. The number of pyridine rings is 2. The zero-order valence-corrected chi connectivity index (χ0v) is 22.1. The Bertz CT molecular complexity index is 1670. The molecule has 0 bridgehead atoms. The van der Waals surface area contributed by atoms with E-state index in [1.807, 2.05) is 37.5 Å². The highest BCUT2D eigenvalue weighted by molar-refractivity contribution is 7.99. The molecule has 1 N–H and O–H groups in total. The van der Waals surface area contributed by atoms with Crippen LogP contribution >= 0.6 is 11.8 Å². The van der Waals surface area contributed by atoms with E-state index in [1.54, 1.807) is 16.8 Å². The molecule has 0 unspecified atom stereocenters. The number of hydrogen-bond acceptors (Lipinski definition) is 7. The van der Waals surface area contributed by atoms with E-state index in [0.29, 0.717) is 16.0 Å². The molecule has 0 amide bonds. The molecule has 0 saturated carbocycles. The summed E-state index contributed by atoms with van der Waals surface area (Å²) in [6.07, 6.45) is 10.9. The molecule has 10 heteroatoms. The van der Waals surface area contributed by atoms with Gasteiger partial charge < -0.3 is 4.90 Å². The summed E-state index contributed by atoms with van der Waals surface area (Å²) < 4.78 is 15.1. The molecule has 1 aliphatic rings. The van der Waals surface area contributed by atoms with Crippen LogP contribution in [0.25, 0.3) is 16.6 Å². The van der Waals surface area contributed by atoms with Gasteiger partial charge in [-0.25, -0.2) is 13.9 Å². The van der Waals surface area contributed by atoms with Gasteiger partial charge in [0.05, 0.1) is 29.0 Å². The fourth-order valence-electron chi connectivity index (χ4n) is 4.49. The molecule has 39 heavy (non-hydrogen) atoms. The summed E-state index contributed by atoms with van der Waals surface area (Å²) in [4.78, 5) is 8.04. The normalized spacial score (nSPS) is 12.9. The number of nitrogens with one attached hydrogen (secondary N) is 1. The van der Waals surface area contributed by atoms with Crippen molar-refractivity contribution in [3.8, 4) is 23.3 Å². The van der Waals surface area contributed by atoms with Gasteiger partial charge >= 0.3 is 0 Å². The molecule has 1 aliphatic heterocycles. The maximum atomic E-state index is 13.5. The maximum Gasteiger partial charge on any atom is 0.128 e. The number of nitrogens with zero attached hydrogens (tertiary/aromatic N) is 7. The van der Waals surface area contributed by atoms with Crippen LogP contribution in [0.5, 0.6) is 0 Å². The van der Waals surface area contributed by atoms with Gasteiger partial charge in [-0.15, -0.1) is 0 Å². The molecule has 0 radical (unpaired) electrons. The third-order valence-electron chi connectivity index (χ3n) is 6.45. The Morgan fingerprint density at radius 2 is 1.79 bits per heavy atom. The molecule has 194 valence electrons. The Kier molecular flexibility index (Phi) is 7.86. The fourth-order valence-corrected chi connectivity index (χ4v) is 5.57. The number of rotatable bonds is 4. The third-order valence-corrected chi connectivity index (χ3v) is 7.56. The predicted molar refractivity (Wildman–Crippen MR) is 148 cm³/mol. The van der Waals surface area contributed by atoms with E-state index in [-0.39, 0.29) is 5.56 Å². The standard InChI is InChI=1S/C19H11FN6S.C10H14N2/c1-11-16(9-23-25-11)13-5-18(19-14(7-22)8-24-26(19)10-13)27-17-3-2-15(20)4-12(17)6-21;1-4-8-12(9-5-1)10-6-2-3-7-11-10/h2-5,8-10H,1H3,(H,23,25);2-3,6-7H,1,4-5,8-9H2. The highest BCUT2D eigenvalue weighted by Gasteiger charge is 2.16. The van der Waals surface area contributed by atoms with Crippen molar-refractivity contribution in [2.24, 2.45) is 0 Å². The first kappa shape index (κ1) is 26.0. The summed E-state index contributed by atoms with van der Waals surface area (Å²) in [6.45, 7) is 4.27. The molecule has 1 aromatic carbocycles. The number of benzene rings is 1. The zero-order chi connectivity index (χ0) is 27.2. The molecule has 4 aromatic heterocycles. The molecule has 0 aliphatic carbocycles. The lowest BCUT2D eigenvalue weighted by Crippen LogP contribution is -2.29. The molecular formula is C29H25FN8S. The van der Waals surface area contributed by atoms with E-state index in [0.717, 1.165) is 27.5 Å². The van der Waals surface area contributed by atoms with Crippen LogP contribution in [-0.4, -0.2) is 37.9 Å². The van der Waals surface area contributed by atoms with Gasteiger partial charge in [0.15, 0.2) is 0 Å². The molecule has 5 heterocycles. The van der Waals surface area contributed by atoms with Gasteiger partial charge in [-0.2, -0.15) is 20.7 Å². The molecule has 1 saturated heterocycles. The van der Waals surface area contributed by atoms with Crippen LogP contribution in [0.1, 0.15) is 36.1 Å². The second-order valence-electron chi connectivity index (χ2n) is 9.05. The largest absolute Gasteiger partial charge is 0.357 e. The summed E-state index contributed by atoms with van der Waals surface area (Å²) in [5.74, 6) is 0.670. The topological polar surface area (TPSA) is 110 Å². The molecule has 1 fully saturated rings. The summed E-state index contributed by atoms with van der Waals surface area (Å²) in [6, 6.07) is 16.3. The van der Waals surface area contributed by atoms with Crippen LogP contribution in [0, 0.1) is 35.4 Å². The van der Waals surface area contributed by atoms with E-state index in [2.05, 4.69) is 43.4 Å². The summed E-state index contributed by atoms with van der Waals surface area (Å²) in [7, 11) is 0. The van der Waals surface area contributed by atoms with Crippen LogP contribution in [-0.2, 0) is 0 Å². The van der Waals surface area contributed by atoms with E-state index in [4.69, 9.17) is 0 Å². The van der Waals surface area contributed by atoms with Crippen molar-refractivity contribution in [3.63, 3.8) is 0 Å². The Morgan fingerprint density at radius 3 is 2.49 bits per heavy atom. The lowest BCUT2D eigenvalue weighted by atomic mass is 10.1. The first-order valence-corrected chi connectivity index (χ1v) is 13.3. The summed E-state index contributed by atoms with van der Waals surface area (Å²) in [5.41, 5.74) is 3.98. The highest BCUT2D eigenvalue weighted by atomic mass is 32.2. The number of anilines is 1. The predicted octanol–water partition coefficient (Wildman–Crippen LogP) is 6.14. The van der Waals surface area contributed by atoms with Crippen LogP contribution < -0.4 is 4.90 Å². The number of aromatic amines is 1. The number of hydrogen-bond donors (Lipinski definition) is 1. The molecule has 6 rings (SSSR count). The van der Waals surface area contributed by atoms with E-state index < -0.39 is 5.82 Å². The van der Waals surface area contributed by atoms with Gasteiger partial charge in [0.1, 0.15) is 23.8 Å². The average Bonchev–Trinajstić information content (AvgIpc) is 3.61. The molecule has 5 aromatic rings. The van der Waals surface area contributed by atoms with Crippen molar-refractivity contribution in [2.45, 2.75) is 36.0 Å². The van der Waals surface area contributed by atoms with E-state index in [9.17, 15) is 14.9 Å². The van der Waals surface area contributed by atoms with Crippen molar-refractivity contribution < 1.29 is 4.39 Å². The molecule has 0 atom stereocenters. The smallest absolute Gasteiger partial charge is 0.128 e. The molecule has 8 nitrogen and oxygen atoms in total. The van der Waals surface area contributed by atoms with Gasteiger partial charge in [0, 0.05) is 52.1 Å². The van der Waals surface area contributed by atoms with Gasteiger partial charge in [-0.05, 0) is 62.6 Å². The average molecular weight is 537 g/mol. The Balaban J connectivity index is 0.000000214. The van der Waals surface area contributed by atoms with Gasteiger partial charge in [0.25, 0.3) is 0 Å². The Morgan fingerprint density at radius 1 is 0.974 bits per heavy atom. The molecule has 0 spiro atoms. The van der Waals surface area contributed by atoms with Crippen LogP contribution in [0.2, 0.25) is 0 Å². The molecular weight excluding hydrogens is 511 g/mol. The number of aromatic nitrogens is 5. The van der Waals surface area contributed by atoms with Crippen molar-refractivity contribution >= 4 is 23.1 Å². The van der Waals surface area contributed by atoms with Crippen LogP contribution in [0.4, 0.5) is 10.2 Å². The number of fused-ring (bicyclic) bond motifs is 1. The monoisotopic (exact) mass is 536 g/mol. The minimum atomic E-state index is -0.467. The van der Waals surface area contributed by atoms with Gasteiger partial charge in [-0.3, -0.25) is 5.10 Å². The summed E-state index contributed by atoms with van der Waals surface area (Å²) in [5, 5.41) is 30.0. The second kappa shape index (κ2) is 11.8. The van der Waals surface area contributed by atoms with Gasteiger partial charge in [0.2, 0.25) is 0 Å². The van der Waals surface area contributed by atoms with Crippen molar-refractivity contribution in [3.05, 3.63) is 89.9 Å². The first-order chi connectivity index (χ1) is 19.1. The number of aryl methyl sites for hydroxylation is 1. The Hall–Kier alpha value is -4.67. The third kappa shape index (κ3) is 5.77. The number of piperidine rings is 1. The number of halogens is 1. The lowest BCUT2D eigenvalue weighted by Gasteiger charge is -2.27. The second-order valence-corrected chi connectivity index (χ2v) is 10.1. The fraction of sp³-hybridized carbons (Fsp3) is 0.207. The van der Waals surface area contributed by atoms with Gasteiger partial charge in [-0.1, -0.05) is 17.8 Å².